The predicted octanol–water partition coefficient (Wildman–Crippen LogP) is 0.00968. The zero-order chi connectivity index (χ0) is 4.00. The molecular weight excluding hydrogens is 70.0 g/mol. The summed E-state index contributed by atoms with van der Waals surface area (Å²) >= 11 is 0. The highest BCUT2D eigenvalue weighted by Gasteiger charge is 0.928. The van der Waals surface area contributed by atoms with Gasteiger partial charge in [-0.05, 0) is 0 Å². The summed E-state index contributed by atoms with van der Waals surface area (Å²) in [6, 6.07) is 0. The van der Waals surface area contributed by atoms with Gasteiger partial charge in [-0.3, -0.25) is 5.48 Å². The second kappa shape index (κ2) is 56.9. The van der Waals surface area contributed by atoms with Crippen molar-refractivity contribution in [2.75, 3.05) is 7.11 Å². The molecule has 0 amide bonds. The molecule has 0 aromatic heterocycles. The maximum absolute atomic E-state index is 8.25. The van der Waals surface area contributed by atoms with Crippen LogP contribution in [0.3, 0.4) is 0 Å². The molecule has 30 valence electrons. The molecule has 5 heavy (non-hydrogen) atoms. The van der Waals surface area contributed by atoms with Crippen LogP contribution in [0.25, 0.3) is 0 Å². The van der Waals surface area contributed by atoms with Crippen LogP contribution in [-0.4, -0.2) is 12.6 Å². The van der Waals surface area contributed by atoms with E-state index in [1.807, 2.05) is 0 Å². The van der Waals surface area contributed by atoms with Gasteiger partial charge in [-0.25, -0.2) is 10.4 Å². The van der Waals surface area contributed by atoms with Crippen molar-refractivity contribution >= 4 is 0 Å². The van der Waals surface area contributed by atoms with Crippen LogP contribution in [0.1, 0.15) is 0 Å². The van der Waals surface area contributed by atoms with Crippen molar-refractivity contribution in [3.05, 3.63) is 0 Å². The third kappa shape index (κ3) is 19.5. The number of rotatable bonds is 0. The molecule has 0 bridgehead atoms. The molecule has 0 aromatic carbocycles. The van der Waals surface area contributed by atoms with Crippen LogP contribution in [0.2, 0.25) is 0 Å². The van der Waals surface area contributed by atoms with Gasteiger partial charge >= 0.3 is 0 Å². The first-order valence-electron chi connectivity index (χ1n) is 0.666. The Morgan fingerprint density at radius 3 is 1.40 bits per heavy atom. The molecule has 0 atom stereocenters. The number of hydrogen-bond acceptors (Lipinski definition) is 1. The molecule has 0 aromatic rings. The molecule has 1 N–H and O–H groups in total. The fraction of sp³-hybridized carbons (Fsp3) is 0.500. The SMILES string of the molecule is C#N.C[O].[OH]. The van der Waals surface area contributed by atoms with E-state index in [4.69, 9.17) is 10.4 Å². The molecule has 2 radical (unpaired) electrons. The first-order chi connectivity index (χ1) is 2.00. The topological polar surface area (TPSA) is 73.7 Å². The highest BCUT2D eigenvalue weighted by Crippen LogP contribution is 0.840. The van der Waals surface area contributed by atoms with E-state index in [2.05, 4.69) is 6.57 Å². The Balaban J connectivity index is -0.0000000133. The monoisotopic (exact) mass is 75.0 g/mol. The molecule has 0 heterocycles. The van der Waals surface area contributed by atoms with Crippen molar-refractivity contribution in [2.45, 2.75) is 0 Å². The fourth-order valence-corrected chi connectivity index (χ4v) is 0. The number of nitrogens with zero attached hydrogens (tertiary/aromatic N) is 1. The average molecular weight is 75.1 g/mol. The summed E-state index contributed by atoms with van der Waals surface area (Å²) in [5, 5.41) is 14.8. The molecule has 0 saturated heterocycles. The largest absolute Gasteiger partial charge is 0.255 e. The minimum Gasteiger partial charge on any atom is -0.255 e. The highest BCUT2D eigenvalue weighted by molar-refractivity contribution is 4.03. The second-order valence-electron chi connectivity index (χ2n) is 0. The van der Waals surface area contributed by atoms with Gasteiger partial charge in [0.05, 0.1) is 7.11 Å². The second-order valence-corrected chi connectivity index (χ2v) is 0. The molecule has 0 aliphatic rings. The molecule has 3 nitrogen and oxygen atoms in total. The Morgan fingerprint density at radius 1 is 1.40 bits per heavy atom. The smallest absolute Gasteiger partial charge is 0.0712 e. The summed E-state index contributed by atoms with van der Waals surface area (Å²) in [5.41, 5.74) is 0. The minimum absolute atomic E-state index is 0. The minimum atomic E-state index is 0. The van der Waals surface area contributed by atoms with E-state index >= 15 is 0 Å². The number of nitriles is 1. The molecule has 0 aliphatic carbocycles. The van der Waals surface area contributed by atoms with E-state index in [1.54, 1.807) is 0 Å². The first-order valence-corrected chi connectivity index (χ1v) is 0.666. The van der Waals surface area contributed by atoms with E-state index in [9.17, 15) is 0 Å². The van der Waals surface area contributed by atoms with Gasteiger partial charge in [0.15, 0.2) is 0 Å². The van der Waals surface area contributed by atoms with Crippen LogP contribution in [0, 0.1) is 11.8 Å². The van der Waals surface area contributed by atoms with Crippen LogP contribution in [0.4, 0.5) is 0 Å². The lowest BCUT2D eigenvalue weighted by molar-refractivity contribution is 0.282. The lowest BCUT2D eigenvalue weighted by Crippen LogP contribution is -1.16. The molecular formula is C2H5NO2. The van der Waals surface area contributed by atoms with Crippen molar-refractivity contribution in [2.24, 2.45) is 0 Å². The van der Waals surface area contributed by atoms with Gasteiger partial charge in [0.1, 0.15) is 0 Å². The summed E-state index contributed by atoms with van der Waals surface area (Å²) in [6.45, 7) is 3.50. The van der Waals surface area contributed by atoms with Crippen LogP contribution >= 0.6 is 0 Å². The maximum Gasteiger partial charge on any atom is 0.0712 e. The summed E-state index contributed by atoms with van der Waals surface area (Å²) in [6.07, 6.45) is 0. The van der Waals surface area contributed by atoms with Gasteiger partial charge in [0.25, 0.3) is 0 Å². The van der Waals surface area contributed by atoms with Crippen molar-refractivity contribution in [3.8, 4) is 6.57 Å². The summed E-state index contributed by atoms with van der Waals surface area (Å²) in [7, 11) is 0.750. The molecule has 0 aliphatic heterocycles. The van der Waals surface area contributed by atoms with E-state index in [1.165, 1.54) is 0 Å². The Labute approximate surface area is 30.8 Å². The quantitative estimate of drug-likeness (QED) is 0.432. The van der Waals surface area contributed by atoms with Gasteiger partial charge < -0.3 is 0 Å². The Kier molecular flexibility index (Phi) is 294. The van der Waals surface area contributed by atoms with E-state index in [0.717, 1.165) is 7.11 Å². The standard InChI is InChI=1S/CHN.CH3O.HO/c2*1-2;/h1H;1H3;1H. The summed E-state index contributed by atoms with van der Waals surface area (Å²) in [5.74, 6) is 0. The average Bonchev–Trinajstić information content (AvgIpc) is 1.50. The Morgan fingerprint density at radius 2 is 1.40 bits per heavy atom. The van der Waals surface area contributed by atoms with Crippen molar-refractivity contribution in [3.63, 3.8) is 0 Å². The van der Waals surface area contributed by atoms with Crippen molar-refractivity contribution < 1.29 is 10.6 Å². The van der Waals surface area contributed by atoms with Crippen molar-refractivity contribution in [1.29, 1.82) is 5.26 Å². The van der Waals surface area contributed by atoms with Crippen LogP contribution in [0.15, 0.2) is 0 Å². The van der Waals surface area contributed by atoms with Crippen LogP contribution in [0.5, 0.6) is 0 Å². The lowest BCUT2D eigenvalue weighted by atomic mass is 11.8. The van der Waals surface area contributed by atoms with Gasteiger partial charge in [0, 0.05) is 6.57 Å². The zero-order valence-corrected chi connectivity index (χ0v) is 2.88. The molecule has 0 spiro atoms. The van der Waals surface area contributed by atoms with E-state index < -0.39 is 0 Å². The molecule has 0 unspecified atom stereocenters. The fourth-order valence-electron chi connectivity index (χ4n) is 0. The molecule has 0 rings (SSSR count). The number of hydrogen-bond donors (Lipinski definition) is 1. The summed E-state index contributed by atoms with van der Waals surface area (Å²) < 4.78 is 0. The maximum atomic E-state index is 8.25. The molecule has 0 fully saturated rings. The van der Waals surface area contributed by atoms with Gasteiger partial charge in [-0.1, -0.05) is 0 Å². The van der Waals surface area contributed by atoms with Crippen molar-refractivity contribution in [1.82, 2.24) is 0 Å². The van der Waals surface area contributed by atoms with Crippen LogP contribution in [-0.2, 0) is 5.11 Å². The Bertz CT molecular complexity index is 12.4. The van der Waals surface area contributed by atoms with Gasteiger partial charge in [-0.15, -0.1) is 0 Å². The predicted molar refractivity (Wildman–Crippen MR) is 15.2 cm³/mol. The molecule has 3 heteroatoms. The zero-order valence-electron chi connectivity index (χ0n) is 2.88. The third-order valence-electron chi connectivity index (χ3n) is 0. The van der Waals surface area contributed by atoms with E-state index in [0.29, 0.717) is 0 Å². The van der Waals surface area contributed by atoms with Crippen LogP contribution < -0.4 is 0 Å². The highest BCUT2D eigenvalue weighted by atomic mass is 16.2. The lowest BCUT2D eigenvalue weighted by Gasteiger charge is -1.10. The third-order valence-corrected chi connectivity index (χ3v) is 0. The van der Waals surface area contributed by atoms with Gasteiger partial charge in [-0.2, -0.15) is 0 Å². The first kappa shape index (κ1) is 25.8. The molecule has 0 saturated carbocycles. The van der Waals surface area contributed by atoms with E-state index in [-0.39, 0.29) is 5.48 Å². The summed E-state index contributed by atoms with van der Waals surface area (Å²) in [4.78, 5) is 0. The Hall–Kier alpha value is -0.590. The normalized spacial score (nSPS) is 1.60. The van der Waals surface area contributed by atoms with Gasteiger partial charge in [0.2, 0.25) is 0 Å².